The third-order valence-corrected chi connectivity index (χ3v) is 3.60. The Morgan fingerprint density at radius 3 is 2.53 bits per heavy atom. The average Bonchev–Trinajstić information content (AvgIpc) is 2.39. The van der Waals surface area contributed by atoms with Crippen molar-refractivity contribution in [3.63, 3.8) is 0 Å². The molecule has 1 fully saturated rings. The third kappa shape index (κ3) is 5.46. The molecule has 1 aliphatic rings. The molecule has 0 aliphatic heterocycles. The van der Waals surface area contributed by atoms with Gasteiger partial charge in [-0.2, -0.15) is 0 Å². The van der Waals surface area contributed by atoms with Gasteiger partial charge in [-0.1, -0.05) is 19.3 Å². The minimum atomic E-state index is -1.07. The molecule has 0 heterocycles. The van der Waals surface area contributed by atoms with Gasteiger partial charge in [0.1, 0.15) is 0 Å². The van der Waals surface area contributed by atoms with E-state index >= 15 is 0 Å². The van der Waals surface area contributed by atoms with Crippen LogP contribution in [0.5, 0.6) is 0 Å². The van der Waals surface area contributed by atoms with Crippen LogP contribution in [-0.2, 0) is 9.53 Å². The van der Waals surface area contributed by atoms with Crippen molar-refractivity contribution in [3.05, 3.63) is 0 Å². The van der Waals surface area contributed by atoms with E-state index in [0.29, 0.717) is 5.92 Å². The molecule has 0 aromatic heterocycles. The fraction of sp³-hybridized carbons (Fsp3) is 0.846. The number of methoxy groups -OCH3 is 1. The van der Waals surface area contributed by atoms with E-state index in [1.54, 1.807) is 11.9 Å². The molecule has 0 aromatic carbocycles. The Kier molecular flexibility index (Phi) is 6.62. The Morgan fingerprint density at radius 2 is 2.00 bits per heavy atom. The molecule has 6 heteroatoms. The van der Waals surface area contributed by atoms with Crippen LogP contribution in [0.25, 0.3) is 0 Å². The maximum atomic E-state index is 11.8. The van der Waals surface area contributed by atoms with Crippen molar-refractivity contribution in [1.29, 1.82) is 0 Å². The highest BCUT2D eigenvalue weighted by atomic mass is 16.5. The van der Waals surface area contributed by atoms with Gasteiger partial charge in [0, 0.05) is 20.7 Å². The first-order valence-corrected chi connectivity index (χ1v) is 6.79. The summed E-state index contributed by atoms with van der Waals surface area (Å²) in [5.41, 5.74) is 0. The molecule has 19 heavy (non-hydrogen) atoms. The monoisotopic (exact) mass is 272 g/mol. The molecule has 2 amide bonds. The lowest BCUT2D eigenvalue weighted by Crippen LogP contribution is -2.45. The normalized spacial score (nSPS) is 17.8. The van der Waals surface area contributed by atoms with Crippen molar-refractivity contribution in [2.24, 2.45) is 5.92 Å². The molecule has 1 aliphatic carbocycles. The first kappa shape index (κ1) is 15.8. The fourth-order valence-electron chi connectivity index (χ4n) is 2.43. The van der Waals surface area contributed by atoms with E-state index in [0.717, 1.165) is 6.54 Å². The van der Waals surface area contributed by atoms with Crippen LogP contribution in [-0.4, -0.2) is 55.4 Å². The number of rotatable bonds is 6. The van der Waals surface area contributed by atoms with Crippen molar-refractivity contribution in [2.75, 3.05) is 27.2 Å². The Labute approximate surface area is 114 Å². The second-order valence-corrected chi connectivity index (χ2v) is 5.13. The Balaban J connectivity index is 2.29. The number of urea groups is 1. The Hall–Kier alpha value is -1.30. The lowest BCUT2D eigenvalue weighted by molar-refractivity contribution is -0.148. The summed E-state index contributed by atoms with van der Waals surface area (Å²) < 4.78 is 4.76. The molecule has 110 valence electrons. The molecule has 1 unspecified atom stereocenters. The minimum Gasteiger partial charge on any atom is -0.479 e. The van der Waals surface area contributed by atoms with Gasteiger partial charge in [-0.05, 0) is 18.8 Å². The third-order valence-electron chi connectivity index (χ3n) is 3.60. The van der Waals surface area contributed by atoms with Crippen molar-refractivity contribution in [1.82, 2.24) is 10.2 Å². The number of ether oxygens (including phenoxy) is 1. The van der Waals surface area contributed by atoms with Crippen LogP contribution in [0.15, 0.2) is 0 Å². The number of amides is 2. The number of carboxylic acids is 1. The van der Waals surface area contributed by atoms with E-state index in [1.807, 2.05) is 0 Å². The molecule has 1 atom stereocenters. The van der Waals surface area contributed by atoms with E-state index in [-0.39, 0.29) is 12.6 Å². The number of carbonyl (C=O) groups excluding carboxylic acids is 1. The zero-order valence-corrected chi connectivity index (χ0v) is 11.7. The number of carboxylic acid groups (broad SMARTS) is 1. The van der Waals surface area contributed by atoms with Crippen LogP contribution >= 0.6 is 0 Å². The lowest BCUT2D eigenvalue weighted by Gasteiger charge is -2.27. The van der Waals surface area contributed by atoms with Crippen LogP contribution in [0.3, 0.4) is 0 Å². The maximum absolute atomic E-state index is 11.8. The second kappa shape index (κ2) is 7.99. The van der Waals surface area contributed by atoms with E-state index in [1.165, 1.54) is 39.2 Å². The second-order valence-electron chi connectivity index (χ2n) is 5.13. The standard InChI is InChI=1S/C13H24N2O4/c1-15(9-10-6-4-3-5-7-10)13(18)14-8-11(19-2)12(16)17/h10-11H,3-9H2,1-2H3,(H,14,18)(H,16,17). The summed E-state index contributed by atoms with van der Waals surface area (Å²) in [4.78, 5) is 24.2. The first-order chi connectivity index (χ1) is 9.04. The molecule has 6 nitrogen and oxygen atoms in total. The average molecular weight is 272 g/mol. The smallest absolute Gasteiger partial charge is 0.334 e. The number of hydrogen-bond donors (Lipinski definition) is 2. The van der Waals surface area contributed by atoms with Crippen molar-refractivity contribution in [3.8, 4) is 0 Å². The van der Waals surface area contributed by atoms with Gasteiger partial charge in [0.15, 0.2) is 6.10 Å². The molecule has 1 saturated carbocycles. The summed E-state index contributed by atoms with van der Waals surface area (Å²) in [5.74, 6) is -0.500. The number of hydrogen-bond acceptors (Lipinski definition) is 3. The molecular weight excluding hydrogens is 248 g/mol. The van der Waals surface area contributed by atoms with Gasteiger partial charge >= 0.3 is 12.0 Å². The highest BCUT2D eigenvalue weighted by molar-refractivity contribution is 5.76. The van der Waals surface area contributed by atoms with Crippen molar-refractivity contribution >= 4 is 12.0 Å². The lowest BCUT2D eigenvalue weighted by atomic mass is 9.89. The summed E-state index contributed by atoms with van der Waals surface area (Å²) in [7, 11) is 3.06. The highest BCUT2D eigenvalue weighted by Crippen LogP contribution is 2.23. The largest absolute Gasteiger partial charge is 0.479 e. The zero-order chi connectivity index (χ0) is 14.3. The summed E-state index contributed by atoms with van der Waals surface area (Å²) in [6.45, 7) is 0.718. The quantitative estimate of drug-likeness (QED) is 0.764. The summed E-state index contributed by atoms with van der Waals surface area (Å²) in [5, 5.41) is 11.4. The van der Waals surface area contributed by atoms with Gasteiger partial charge in [0.05, 0.1) is 6.54 Å². The van der Waals surface area contributed by atoms with E-state index in [9.17, 15) is 9.59 Å². The van der Waals surface area contributed by atoms with E-state index in [2.05, 4.69) is 5.32 Å². The van der Waals surface area contributed by atoms with Crippen LogP contribution < -0.4 is 5.32 Å². The molecular formula is C13H24N2O4. The number of carbonyl (C=O) groups is 2. The van der Waals surface area contributed by atoms with Crippen LogP contribution in [0.4, 0.5) is 4.79 Å². The molecule has 0 radical (unpaired) electrons. The Bertz CT molecular complexity index is 303. The molecule has 0 bridgehead atoms. The van der Waals surface area contributed by atoms with E-state index in [4.69, 9.17) is 9.84 Å². The molecule has 1 rings (SSSR count). The summed E-state index contributed by atoms with van der Waals surface area (Å²) in [6.07, 6.45) is 5.13. The fourth-order valence-corrected chi connectivity index (χ4v) is 2.43. The summed E-state index contributed by atoms with van der Waals surface area (Å²) in [6, 6.07) is -0.242. The number of nitrogens with zero attached hydrogens (tertiary/aromatic N) is 1. The number of nitrogens with one attached hydrogen (secondary N) is 1. The van der Waals surface area contributed by atoms with Crippen molar-refractivity contribution < 1.29 is 19.4 Å². The highest BCUT2D eigenvalue weighted by Gasteiger charge is 2.21. The van der Waals surface area contributed by atoms with Gasteiger partial charge in [-0.3, -0.25) is 0 Å². The van der Waals surface area contributed by atoms with Crippen LogP contribution in [0, 0.1) is 5.92 Å². The predicted octanol–water partition coefficient (Wildman–Crippen LogP) is 1.31. The maximum Gasteiger partial charge on any atom is 0.334 e. The molecule has 2 N–H and O–H groups in total. The Morgan fingerprint density at radius 1 is 1.37 bits per heavy atom. The van der Waals surface area contributed by atoms with Gasteiger partial charge < -0.3 is 20.1 Å². The minimum absolute atomic E-state index is 0.0142. The van der Waals surface area contributed by atoms with Crippen LogP contribution in [0.1, 0.15) is 32.1 Å². The molecule has 0 aromatic rings. The SMILES string of the molecule is COC(CNC(=O)N(C)CC1CCCCC1)C(=O)O. The number of aliphatic carboxylic acids is 1. The molecule has 0 saturated heterocycles. The first-order valence-electron chi connectivity index (χ1n) is 6.79. The predicted molar refractivity (Wildman–Crippen MR) is 71.0 cm³/mol. The van der Waals surface area contributed by atoms with Gasteiger partial charge in [-0.25, -0.2) is 9.59 Å². The summed E-state index contributed by atoms with van der Waals surface area (Å²) >= 11 is 0. The topological polar surface area (TPSA) is 78.9 Å². The van der Waals surface area contributed by atoms with Gasteiger partial charge in [0.25, 0.3) is 0 Å². The molecule has 0 spiro atoms. The van der Waals surface area contributed by atoms with Crippen LogP contribution in [0.2, 0.25) is 0 Å². The van der Waals surface area contributed by atoms with E-state index < -0.39 is 12.1 Å². The van der Waals surface area contributed by atoms with Crippen molar-refractivity contribution in [2.45, 2.75) is 38.2 Å². The van der Waals surface area contributed by atoms with Gasteiger partial charge in [-0.15, -0.1) is 0 Å². The zero-order valence-electron chi connectivity index (χ0n) is 11.7. The van der Waals surface area contributed by atoms with Gasteiger partial charge in [0.2, 0.25) is 0 Å².